The molecule has 1 aliphatic carbocycles. The zero-order valence-electron chi connectivity index (χ0n) is 58.0. The summed E-state index contributed by atoms with van der Waals surface area (Å²) in [5.41, 5.74) is 10.5. The Hall–Kier alpha value is -6.66. The van der Waals surface area contributed by atoms with E-state index in [1.165, 1.54) is 50.4 Å². The van der Waals surface area contributed by atoms with Crippen LogP contribution < -0.4 is 18.9 Å². The molecule has 9 nitrogen and oxygen atoms in total. The molecule has 87 heavy (non-hydrogen) atoms. The number of hydrogen-bond acceptors (Lipinski definition) is 7. The van der Waals surface area contributed by atoms with E-state index in [4.69, 9.17) is 25.5 Å². The number of rotatable bonds is 2. The summed E-state index contributed by atoms with van der Waals surface area (Å²) < 4.78 is 21.0. The average molecular weight is 1530 g/mol. The number of fused-ring (bicyclic) bond motifs is 4. The van der Waals surface area contributed by atoms with E-state index in [1.807, 2.05) is 255 Å². The van der Waals surface area contributed by atoms with Gasteiger partial charge in [0, 0.05) is 24.1 Å². The van der Waals surface area contributed by atoms with Crippen molar-refractivity contribution in [3.05, 3.63) is 241 Å². The Bertz CT molecular complexity index is 2710. The van der Waals surface area contributed by atoms with Crippen molar-refractivity contribution in [2.24, 2.45) is 5.92 Å². The van der Waals surface area contributed by atoms with Crippen LogP contribution >= 0.6 is 0 Å². The topological polar surface area (TPSA) is 107 Å². The predicted molar refractivity (Wildman–Crippen MR) is 374 cm³/mol. The Morgan fingerprint density at radius 3 is 1.47 bits per heavy atom. The Balaban J connectivity index is -0.000000163. The number of aryl methyl sites for hydroxylation is 6. The molecular weight excluding hydrogens is 1410 g/mol. The maximum absolute atomic E-state index is 5.38. The Labute approximate surface area is 560 Å². The molecular formula is C76H113N5O4W2. The smallest absolute Gasteiger partial charge is 0.504 e. The van der Waals surface area contributed by atoms with Gasteiger partial charge < -0.3 is 54.8 Å². The van der Waals surface area contributed by atoms with Gasteiger partial charge in [0.2, 0.25) is 6.79 Å². The third-order valence-electron chi connectivity index (χ3n) is 9.67. The quantitative estimate of drug-likeness (QED) is 0.131. The molecule has 0 bridgehead atoms. The first kappa shape index (κ1) is 94.0. The molecule has 5 aromatic carbocycles. The van der Waals surface area contributed by atoms with Crippen LogP contribution in [0.4, 0.5) is 0 Å². The van der Waals surface area contributed by atoms with E-state index in [0.29, 0.717) is 25.9 Å². The summed E-state index contributed by atoms with van der Waals surface area (Å²) in [4.78, 5) is 7.04. The second-order valence-electron chi connectivity index (χ2n) is 15.7. The fourth-order valence-electron chi connectivity index (χ4n) is 6.16. The number of benzene rings is 5. The van der Waals surface area contributed by atoms with Crippen molar-refractivity contribution in [3.8, 4) is 23.0 Å². The number of nitrogens with one attached hydrogen (secondary N) is 2. The van der Waals surface area contributed by atoms with Crippen LogP contribution in [0.3, 0.4) is 0 Å². The van der Waals surface area contributed by atoms with Gasteiger partial charge in [0.15, 0.2) is 23.0 Å². The number of ether oxygens (including phenoxy) is 4. The summed E-state index contributed by atoms with van der Waals surface area (Å²) in [6, 6.07) is 40.5. The zero-order chi connectivity index (χ0) is 65.5. The van der Waals surface area contributed by atoms with Crippen LogP contribution in [0.1, 0.15) is 158 Å². The number of hydrogen-bond donors (Lipinski definition) is 2. The molecule has 478 valence electrons. The number of pyridine rings is 1. The molecule has 1 unspecified atom stereocenters. The number of aromatic nitrogens is 5. The SMILES string of the molecule is CC.CC.CC.CC.CC.CC.CC.CC.C[C-]=CC1C=CC=C[CH-]1.Cc1ccc2c(c1)OCCO2.Cc1ccc2c(c1)OCO2.Cc1ccc2cc[nH]c2c1.Cc1ccc2n[nH]nc2c1.Cc1ccccc1.Cc1cccnc1.[CH-]=CC=[C-]C.[W+2].[W+2]. The van der Waals surface area contributed by atoms with Crippen molar-refractivity contribution in [2.75, 3.05) is 20.0 Å². The second-order valence-corrected chi connectivity index (χ2v) is 15.7. The number of nitrogens with zero attached hydrogens (tertiary/aromatic N) is 3. The minimum atomic E-state index is 0. The summed E-state index contributed by atoms with van der Waals surface area (Å²) in [6.07, 6.45) is 26.8. The molecule has 0 spiro atoms. The van der Waals surface area contributed by atoms with Crippen LogP contribution in [0.5, 0.6) is 23.0 Å². The van der Waals surface area contributed by atoms with Gasteiger partial charge in [0.1, 0.15) is 24.2 Å². The standard InChI is InChI=1S/C9H9N.C9H10O2.C9H10.C8H8O2.C7H7N3.C7H8.C6H7N.C5H6.8C2H6.2W/c1-7-2-3-8-4-5-10-9(8)6-7;1-7-2-3-8-9(6-7)11-5-4-10-8;1-2-6-9-7-4-3-5-8-9;1-6-2-3-7-8(4-6)10-5-9-7;1-5-2-3-6-7(4-5)9-10-8-6;1-7-5-3-2-4-6-7;1-6-3-2-4-7-5-6;1-3-5-4-2;8*1-2;;/h2-6,10H,1H3;2-3,6H,4-5H2,1H3;3-9H,1H3;2-4H,5H2,1H3;2-4H,1H3,(H,8,9,10);2-6H,1H3;2-5H,1H3;1,3,5H,2H3;8*1-2H3;;/q;;-2;;;;;-2;;;;;;;;;2*+2. The third-order valence-corrected chi connectivity index (χ3v) is 9.67. The van der Waals surface area contributed by atoms with Gasteiger partial charge in [-0.15, -0.1) is 19.1 Å². The molecule has 3 aromatic heterocycles. The van der Waals surface area contributed by atoms with Crippen LogP contribution in [0.2, 0.25) is 0 Å². The van der Waals surface area contributed by atoms with Gasteiger partial charge in [0.25, 0.3) is 0 Å². The van der Waals surface area contributed by atoms with E-state index >= 15 is 0 Å². The minimum absolute atomic E-state index is 0. The summed E-state index contributed by atoms with van der Waals surface area (Å²) in [5, 5.41) is 11.7. The fourth-order valence-corrected chi connectivity index (χ4v) is 6.16. The maximum atomic E-state index is 5.38. The molecule has 2 aliphatic heterocycles. The van der Waals surface area contributed by atoms with Gasteiger partial charge >= 0.3 is 42.1 Å². The van der Waals surface area contributed by atoms with Gasteiger partial charge in [-0.3, -0.25) is 11.1 Å². The molecule has 11 heteroatoms. The van der Waals surface area contributed by atoms with Gasteiger partial charge in [-0.1, -0.05) is 189 Å². The second kappa shape index (κ2) is 70.1. The Morgan fingerprint density at radius 1 is 0.506 bits per heavy atom. The van der Waals surface area contributed by atoms with Crippen LogP contribution in [-0.4, -0.2) is 45.4 Å². The Morgan fingerprint density at radius 2 is 1.00 bits per heavy atom. The van der Waals surface area contributed by atoms with Crippen LogP contribution in [-0.2, 0) is 42.1 Å². The molecule has 0 saturated heterocycles. The van der Waals surface area contributed by atoms with Crippen LogP contribution in [0.25, 0.3) is 21.9 Å². The largest absolute Gasteiger partial charge is 2.00 e. The van der Waals surface area contributed by atoms with Crippen LogP contribution in [0, 0.1) is 72.6 Å². The molecule has 8 aromatic rings. The first-order valence-electron chi connectivity index (χ1n) is 30.7. The average Bonchev–Trinajstić information content (AvgIpc) is 4.51. The molecule has 0 amide bonds. The summed E-state index contributed by atoms with van der Waals surface area (Å²) >= 11 is 0. The maximum Gasteiger partial charge on any atom is 2.00 e. The van der Waals surface area contributed by atoms with Crippen LogP contribution in [0.15, 0.2) is 182 Å². The van der Waals surface area contributed by atoms with E-state index in [1.54, 1.807) is 19.2 Å². The van der Waals surface area contributed by atoms with Crippen molar-refractivity contribution < 1.29 is 61.1 Å². The van der Waals surface area contributed by atoms with E-state index in [0.717, 1.165) is 34.0 Å². The predicted octanol–water partition coefficient (Wildman–Crippen LogP) is 22.5. The normalized spacial score (nSPS) is 10.9. The molecule has 1 atom stereocenters. The van der Waals surface area contributed by atoms with E-state index in [2.05, 4.69) is 112 Å². The number of aromatic amines is 2. The van der Waals surface area contributed by atoms with E-state index in [-0.39, 0.29) is 42.1 Å². The monoisotopic (exact) mass is 1530 g/mol. The Kier molecular flexibility index (Phi) is 75.8. The van der Waals surface area contributed by atoms with Crippen molar-refractivity contribution in [1.29, 1.82) is 0 Å². The number of H-pyrrole nitrogens is 2. The molecule has 0 fully saturated rings. The van der Waals surface area contributed by atoms with Gasteiger partial charge in [-0.05, 0) is 129 Å². The zero-order valence-corrected chi connectivity index (χ0v) is 63.8. The van der Waals surface area contributed by atoms with Crippen molar-refractivity contribution in [1.82, 2.24) is 25.4 Å². The molecule has 3 aliphatic rings. The molecule has 11 rings (SSSR count). The molecule has 5 heterocycles. The minimum Gasteiger partial charge on any atom is -0.504 e. The molecule has 2 N–H and O–H groups in total. The first-order chi connectivity index (χ1) is 41.6. The first-order valence-corrected chi connectivity index (χ1v) is 30.7. The van der Waals surface area contributed by atoms with E-state index < -0.39 is 0 Å². The van der Waals surface area contributed by atoms with Gasteiger partial charge in [-0.25, -0.2) is 18.6 Å². The number of allylic oxidation sites excluding steroid dienone is 9. The van der Waals surface area contributed by atoms with Gasteiger partial charge in [0.05, 0.1) is 0 Å². The summed E-state index contributed by atoms with van der Waals surface area (Å²) in [5.74, 6) is 3.92. The van der Waals surface area contributed by atoms with E-state index in [9.17, 15) is 0 Å². The van der Waals surface area contributed by atoms with Crippen molar-refractivity contribution >= 4 is 21.9 Å². The summed E-state index contributed by atoms with van der Waals surface area (Å²) in [6.45, 7) is 54.6. The molecule has 0 saturated carbocycles. The van der Waals surface area contributed by atoms with Crippen molar-refractivity contribution in [2.45, 2.75) is 166 Å². The van der Waals surface area contributed by atoms with Gasteiger partial charge in [-0.2, -0.15) is 22.3 Å². The summed E-state index contributed by atoms with van der Waals surface area (Å²) in [7, 11) is 0. The molecule has 0 radical (unpaired) electrons. The third kappa shape index (κ3) is 48.1. The van der Waals surface area contributed by atoms with Crippen molar-refractivity contribution in [3.63, 3.8) is 0 Å². The fraction of sp³-hybridized carbons (Fsp3) is 0.368.